The standard InChI is InChI=1S/C15H15ClN4/c1-2-3-11-9-14(16)20-15(18-11)19-12-5-4-10-6-7-17-13(10)8-12/h4-9,17H,2-3H2,1H3,(H,18,19,20). The van der Waals surface area contributed by atoms with Crippen molar-refractivity contribution in [2.24, 2.45) is 0 Å². The van der Waals surface area contributed by atoms with Crippen molar-refractivity contribution >= 4 is 34.1 Å². The number of aromatic nitrogens is 3. The van der Waals surface area contributed by atoms with Crippen LogP contribution in [0.15, 0.2) is 36.5 Å². The summed E-state index contributed by atoms with van der Waals surface area (Å²) in [5, 5.41) is 4.84. The van der Waals surface area contributed by atoms with Crippen LogP contribution in [0.3, 0.4) is 0 Å². The van der Waals surface area contributed by atoms with Crippen LogP contribution in [0.5, 0.6) is 0 Å². The smallest absolute Gasteiger partial charge is 0.228 e. The van der Waals surface area contributed by atoms with Crippen molar-refractivity contribution < 1.29 is 0 Å². The van der Waals surface area contributed by atoms with Crippen LogP contribution in [0.25, 0.3) is 10.9 Å². The van der Waals surface area contributed by atoms with Crippen molar-refractivity contribution in [2.45, 2.75) is 19.8 Å². The van der Waals surface area contributed by atoms with Crippen molar-refractivity contribution in [3.05, 3.63) is 47.4 Å². The fraction of sp³-hybridized carbons (Fsp3) is 0.200. The maximum absolute atomic E-state index is 6.03. The van der Waals surface area contributed by atoms with Gasteiger partial charge in [-0.3, -0.25) is 0 Å². The first-order valence-corrected chi connectivity index (χ1v) is 7.00. The van der Waals surface area contributed by atoms with Crippen molar-refractivity contribution in [1.82, 2.24) is 15.0 Å². The lowest BCUT2D eigenvalue weighted by atomic mass is 10.2. The predicted molar refractivity (Wildman–Crippen MR) is 82.6 cm³/mol. The maximum Gasteiger partial charge on any atom is 0.228 e. The highest BCUT2D eigenvalue weighted by Crippen LogP contribution is 2.21. The van der Waals surface area contributed by atoms with E-state index in [9.17, 15) is 0 Å². The third kappa shape index (κ3) is 2.75. The first-order chi connectivity index (χ1) is 9.74. The second kappa shape index (κ2) is 5.51. The molecule has 2 N–H and O–H groups in total. The third-order valence-corrected chi connectivity index (χ3v) is 3.26. The molecule has 2 aromatic heterocycles. The molecular weight excluding hydrogens is 272 g/mol. The average Bonchev–Trinajstić information content (AvgIpc) is 2.85. The molecule has 0 spiro atoms. The molecule has 3 aromatic rings. The molecule has 102 valence electrons. The summed E-state index contributed by atoms with van der Waals surface area (Å²) in [4.78, 5) is 11.9. The van der Waals surface area contributed by atoms with Gasteiger partial charge in [-0.05, 0) is 36.1 Å². The Balaban J connectivity index is 1.89. The average molecular weight is 287 g/mol. The minimum absolute atomic E-state index is 0.465. The van der Waals surface area contributed by atoms with Crippen LogP contribution in [0, 0.1) is 0 Å². The number of hydrogen-bond donors (Lipinski definition) is 2. The zero-order valence-corrected chi connectivity index (χ0v) is 11.9. The highest BCUT2D eigenvalue weighted by atomic mass is 35.5. The monoisotopic (exact) mass is 286 g/mol. The number of nitrogens with one attached hydrogen (secondary N) is 2. The molecule has 0 saturated carbocycles. The van der Waals surface area contributed by atoms with Gasteiger partial charge in [-0.2, -0.15) is 0 Å². The van der Waals surface area contributed by atoms with Crippen LogP contribution in [0.4, 0.5) is 11.6 Å². The van der Waals surface area contributed by atoms with Crippen LogP contribution < -0.4 is 5.32 Å². The molecule has 0 fully saturated rings. The number of fused-ring (bicyclic) bond motifs is 1. The molecule has 1 aromatic carbocycles. The Hall–Kier alpha value is -2.07. The van der Waals surface area contributed by atoms with Crippen LogP contribution in [0.1, 0.15) is 19.0 Å². The van der Waals surface area contributed by atoms with Crippen molar-refractivity contribution in [2.75, 3.05) is 5.32 Å². The van der Waals surface area contributed by atoms with E-state index in [0.29, 0.717) is 11.1 Å². The molecule has 0 radical (unpaired) electrons. The Morgan fingerprint density at radius 1 is 1.20 bits per heavy atom. The predicted octanol–water partition coefficient (Wildman–Crippen LogP) is 4.31. The summed E-state index contributed by atoms with van der Waals surface area (Å²) in [5.74, 6) is 0.534. The van der Waals surface area contributed by atoms with Gasteiger partial charge >= 0.3 is 0 Å². The number of halogens is 1. The minimum Gasteiger partial charge on any atom is -0.361 e. The fourth-order valence-corrected chi connectivity index (χ4v) is 2.37. The molecule has 3 rings (SSSR count). The summed E-state index contributed by atoms with van der Waals surface area (Å²) < 4.78 is 0. The van der Waals surface area contributed by atoms with Crippen molar-refractivity contribution in [3.63, 3.8) is 0 Å². The molecule has 5 heteroatoms. The van der Waals surface area contributed by atoms with Crippen LogP contribution in [-0.4, -0.2) is 15.0 Å². The van der Waals surface area contributed by atoms with Crippen LogP contribution >= 0.6 is 11.6 Å². The number of hydrogen-bond acceptors (Lipinski definition) is 3. The van der Waals surface area contributed by atoms with E-state index < -0.39 is 0 Å². The van der Waals surface area contributed by atoms with E-state index in [-0.39, 0.29) is 0 Å². The molecule has 4 nitrogen and oxygen atoms in total. The maximum atomic E-state index is 6.03. The molecule has 0 amide bonds. The highest BCUT2D eigenvalue weighted by Gasteiger charge is 2.04. The lowest BCUT2D eigenvalue weighted by molar-refractivity contribution is 0.875. The normalized spacial score (nSPS) is 10.9. The van der Waals surface area contributed by atoms with Gasteiger partial charge in [-0.25, -0.2) is 9.97 Å². The molecule has 0 unspecified atom stereocenters. The van der Waals surface area contributed by atoms with E-state index in [1.54, 1.807) is 0 Å². The van der Waals surface area contributed by atoms with Gasteiger partial charge in [0.15, 0.2) is 0 Å². The van der Waals surface area contributed by atoms with E-state index in [1.807, 2.05) is 36.5 Å². The van der Waals surface area contributed by atoms with Gasteiger partial charge in [0.25, 0.3) is 0 Å². The Morgan fingerprint density at radius 3 is 2.95 bits per heavy atom. The molecule has 0 bridgehead atoms. The third-order valence-electron chi connectivity index (χ3n) is 3.07. The van der Waals surface area contributed by atoms with E-state index >= 15 is 0 Å². The van der Waals surface area contributed by atoms with E-state index in [4.69, 9.17) is 11.6 Å². The molecule has 20 heavy (non-hydrogen) atoms. The van der Waals surface area contributed by atoms with Gasteiger partial charge in [0.1, 0.15) is 5.15 Å². The SMILES string of the molecule is CCCc1cc(Cl)nc(Nc2ccc3cc[nH]c3c2)n1. The summed E-state index contributed by atoms with van der Waals surface area (Å²) >= 11 is 6.03. The zero-order chi connectivity index (χ0) is 13.9. The lowest BCUT2D eigenvalue weighted by Gasteiger charge is -2.07. The number of aryl methyl sites for hydroxylation is 1. The first kappa shape index (κ1) is 12.9. The fourth-order valence-electron chi connectivity index (χ4n) is 2.16. The Labute approximate surface area is 122 Å². The molecule has 0 atom stereocenters. The largest absolute Gasteiger partial charge is 0.361 e. The summed E-state index contributed by atoms with van der Waals surface area (Å²) in [5.41, 5.74) is 2.96. The number of H-pyrrole nitrogens is 1. The van der Waals surface area contributed by atoms with Crippen LogP contribution in [0.2, 0.25) is 5.15 Å². The molecule has 0 aliphatic rings. The number of benzene rings is 1. The number of aromatic amines is 1. The Bertz CT molecular complexity index is 736. The lowest BCUT2D eigenvalue weighted by Crippen LogP contribution is -2.00. The van der Waals surface area contributed by atoms with E-state index in [1.165, 1.54) is 5.39 Å². The molecule has 0 saturated heterocycles. The Kier molecular flexibility index (Phi) is 3.56. The minimum atomic E-state index is 0.465. The van der Waals surface area contributed by atoms with E-state index in [0.717, 1.165) is 29.7 Å². The highest BCUT2D eigenvalue weighted by molar-refractivity contribution is 6.29. The molecular formula is C15H15ClN4. The topological polar surface area (TPSA) is 53.6 Å². The van der Waals surface area contributed by atoms with Crippen LogP contribution in [-0.2, 0) is 6.42 Å². The second-order valence-corrected chi connectivity index (χ2v) is 5.05. The number of anilines is 2. The van der Waals surface area contributed by atoms with E-state index in [2.05, 4.69) is 27.2 Å². The molecule has 2 heterocycles. The summed E-state index contributed by atoms with van der Waals surface area (Å²) in [6.07, 6.45) is 3.84. The quantitative estimate of drug-likeness (QED) is 0.703. The Morgan fingerprint density at radius 2 is 2.10 bits per heavy atom. The zero-order valence-electron chi connectivity index (χ0n) is 11.2. The second-order valence-electron chi connectivity index (χ2n) is 4.66. The number of nitrogens with zero attached hydrogens (tertiary/aromatic N) is 2. The first-order valence-electron chi connectivity index (χ1n) is 6.62. The summed E-state index contributed by atoms with van der Waals surface area (Å²) in [7, 11) is 0. The van der Waals surface area contributed by atoms with Crippen molar-refractivity contribution in [1.29, 1.82) is 0 Å². The summed E-state index contributed by atoms with van der Waals surface area (Å²) in [6.45, 7) is 2.11. The number of rotatable bonds is 4. The summed E-state index contributed by atoms with van der Waals surface area (Å²) in [6, 6.07) is 9.92. The van der Waals surface area contributed by atoms with Crippen molar-refractivity contribution in [3.8, 4) is 0 Å². The molecule has 0 aliphatic heterocycles. The van der Waals surface area contributed by atoms with Gasteiger partial charge in [0.05, 0.1) is 0 Å². The van der Waals surface area contributed by atoms with Gasteiger partial charge in [0, 0.05) is 23.1 Å². The van der Waals surface area contributed by atoms with Gasteiger partial charge in [-0.15, -0.1) is 0 Å². The van der Waals surface area contributed by atoms with Gasteiger partial charge < -0.3 is 10.3 Å². The molecule has 0 aliphatic carbocycles. The van der Waals surface area contributed by atoms with Gasteiger partial charge in [-0.1, -0.05) is 31.0 Å². The van der Waals surface area contributed by atoms with Gasteiger partial charge in [0.2, 0.25) is 5.95 Å².